The fraction of sp³-hybridized carbons (Fsp3) is 0.556. The molecular weight excluding hydrogens is 304 g/mol. The molecule has 128 valence electrons. The molecule has 0 radical (unpaired) electrons. The molecule has 6 heteroatoms. The molecule has 2 aromatic rings. The van der Waals surface area contributed by atoms with Crippen LogP contribution in [0, 0.1) is 0 Å². The minimum atomic E-state index is 0.170. The van der Waals surface area contributed by atoms with Gasteiger partial charge in [-0.05, 0) is 25.0 Å². The third-order valence-corrected chi connectivity index (χ3v) is 5.06. The van der Waals surface area contributed by atoms with Crippen LogP contribution in [0.1, 0.15) is 24.6 Å². The lowest BCUT2D eigenvalue weighted by Gasteiger charge is -2.34. The molecule has 4 rings (SSSR count). The molecule has 1 aromatic heterocycles. The fourth-order valence-corrected chi connectivity index (χ4v) is 3.51. The minimum Gasteiger partial charge on any atom is -0.395 e. The summed E-state index contributed by atoms with van der Waals surface area (Å²) in [6.45, 7) is 4.42. The number of carbonyl (C=O) groups is 1. The number of hydrogen-bond acceptors (Lipinski definition) is 4. The van der Waals surface area contributed by atoms with Crippen LogP contribution in [0.5, 0.6) is 0 Å². The van der Waals surface area contributed by atoms with Gasteiger partial charge in [-0.2, -0.15) is 0 Å². The highest BCUT2D eigenvalue weighted by Crippen LogP contribution is 2.40. The van der Waals surface area contributed by atoms with Gasteiger partial charge in [-0.1, -0.05) is 12.1 Å². The maximum Gasteiger partial charge on any atom is 0.242 e. The third kappa shape index (κ3) is 3.03. The molecular formula is C18H24N4O2. The Hall–Kier alpha value is -1.92. The van der Waals surface area contributed by atoms with Crippen molar-refractivity contribution in [3.05, 3.63) is 30.1 Å². The molecule has 24 heavy (non-hydrogen) atoms. The van der Waals surface area contributed by atoms with E-state index >= 15 is 0 Å². The van der Waals surface area contributed by atoms with Crippen molar-refractivity contribution in [1.82, 2.24) is 19.4 Å². The second-order valence-corrected chi connectivity index (χ2v) is 6.77. The number of imidazole rings is 1. The zero-order valence-electron chi connectivity index (χ0n) is 13.9. The van der Waals surface area contributed by atoms with E-state index in [2.05, 4.69) is 15.5 Å². The van der Waals surface area contributed by atoms with Gasteiger partial charge in [0.2, 0.25) is 5.91 Å². The Bertz CT molecular complexity index is 730. The number of aliphatic hydroxyl groups is 1. The number of β-amino-alcohol motifs (C(OH)–C–C–N with tert-alkyl or cyclic N) is 1. The van der Waals surface area contributed by atoms with Crippen LogP contribution in [0.15, 0.2) is 24.3 Å². The summed E-state index contributed by atoms with van der Waals surface area (Å²) in [5.41, 5.74) is 2.05. The fourth-order valence-electron chi connectivity index (χ4n) is 3.51. The number of amides is 1. The highest BCUT2D eigenvalue weighted by Gasteiger charge is 2.31. The lowest BCUT2D eigenvalue weighted by atomic mass is 10.3. The van der Waals surface area contributed by atoms with Crippen molar-refractivity contribution in [2.75, 3.05) is 39.3 Å². The van der Waals surface area contributed by atoms with Gasteiger partial charge < -0.3 is 14.6 Å². The Morgan fingerprint density at radius 1 is 1.17 bits per heavy atom. The van der Waals surface area contributed by atoms with E-state index < -0.39 is 0 Å². The highest BCUT2D eigenvalue weighted by molar-refractivity contribution is 5.81. The number of aromatic nitrogens is 2. The van der Waals surface area contributed by atoms with Crippen LogP contribution in [0.3, 0.4) is 0 Å². The topological polar surface area (TPSA) is 61.6 Å². The van der Waals surface area contributed by atoms with Gasteiger partial charge in [0.15, 0.2) is 0 Å². The van der Waals surface area contributed by atoms with Crippen molar-refractivity contribution >= 4 is 16.9 Å². The number of para-hydroxylation sites is 2. The van der Waals surface area contributed by atoms with Crippen LogP contribution in [0.25, 0.3) is 11.0 Å². The lowest BCUT2D eigenvalue weighted by molar-refractivity contribution is -0.133. The summed E-state index contributed by atoms with van der Waals surface area (Å²) < 4.78 is 2.12. The van der Waals surface area contributed by atoms with Crippen molar-refractivity contribution in [2.24, 2.45) is 0 Å². The number of piperazine rings is 1. The quantitative estimate of drug-likeness (QED) is 0.891. The van der Waals surface area contributed by atoms with Crippen LogP contribution in [-0.2, 0) is 11.3 Å². The van der Waals surface area contributed by atoms with Gasteiger partial charge in [0.05, 0.1) is 17.6 Å². The van der Waals surface area contributed by atoms with Gasteiger partial charge in [0.25, 0.3) is 0 Å². The van der Waals surface area contributed by atoms with Gasteiger partial charge in [-0.15, -0.1) is 0 Å². The van der Waals surface area contributed by atoms with Crippen LogP contribution >= 0.6 is 0 Å². The normalized spacial score (nSPS) is 19.1. The van der Waals surface area contributed by atoms with E-state index in [1.165, 1.54) is 12.8 Å². The Kier molecular flexibility index (Phi) is 4.24. The average molecular weight is 328 g/mol. The maximum atomic E-state index is 12.8. The number of aliphatic hydroxyl groups excluding tert-OH is 1. The molecule has 0 spiro atoms. The Morgan fingerprint density at radius 2 is 1.92 bits per heavy atom. The summed E-state index contributed by atoms with van der Waals surface area (Å²) in [7, 11) is 0. The van der Waals surface area contributed by atoms with Crippen molar-refractivity contribution in [1.29, 1.82) is 0 Å². The van der Waals surface area contributed by atoms with Crippen LogP contribution < -0.4 is 0 Å². The van der Waals surface area contributed by atoms with Crippen molar-refractivity contribution in [2.45, 2.75) is 25.3 Å². The summed E-state index contributed by atoms with van der Waals surface area (Å²) in [6, 6.07) is 8.09. The monoisotopic (exact) mass is 328 g/mol. The second kappa shape index (κ2) is 6.53. The number of hydrogen-bond donors (Lipinski definition) is 1. The molecule has 1 saturated heterocycles. The zero-order chi connectivity index (χ0) is 16.5. The average Bonchev–Trinajstić information content (AvgIpc) is 3.39. The predicted octanol–water partition coefficient (Wildman–Crippen LogP) is 1.05. The first-order valence-corrected chi connectivity index (χ1v) is 8.82. The summed E-state index contributed by atoms with van der Waals surface area (Å²) >= 11 is 0. The zero-order valence-corrected chi connectivity index (χ0v) is 13.9. The van der Waals surface area contributed by atoms with E-state index in [0.29, 0.717) is 19.0 Å². The molecule has 6 nitrogen and oxygen atoms in total. The Balaban J connectivity index is 1.50. The largest absolute Gasteiger partial charge is 0.395 e. The predicted molar refractivity (Wildman–Crippen MR) is 91.8 cm³/mol. The number of benzene rings is 1. The molecule has 1 saturated carbocycles. The van der Waals surface area contributed by atoms with Gasteiger partial charge in [0.1, 0.15) is 12.4 Å². The summed E-state index contributed by atoms with van der Waals surface area (Å²) in [5, 5.41) is 9.02. The Labute approximate surface area is 141 Å². The van der Waals surface area contributed by atoms with Gasteiger partial charge in [-0.25, -0.2) is 4.98 Å². The Morgan fingerprint density at radius 3 is 2.62 bits per heavy atom. The molecule has 0 unspecified atom stereocenters. The smallest absolute Gasteiger partial charge is 0.242 e. The molecule has 1 aromatic carbocycles. The van der Waals surface area contributed by atoms with E-state index in [9.17, 15) is 4.79 Å². The van der Waals surface area contributed by atoms with E-state index in [4.69, 9.17) is 10.1 Å². The van der Waals surface area contributed by atoms with Crippen LogP contribution in [0.4, 0.5) is 0 Å². The first-order chi connectivity index (χ1) is 11.8. The second-order valence-electron chi connectivity index (χ2n) is 6.77. The van der Waals surface area contributed by atoms with E-state index in [1.807, 2.05) is 23.1 Å². The number of carbonyl (C=O) groups excluding carboxylic acids is 1. The summed E-state index contributed by atoms with van der Waals surface area (Å²) in [4.78, 5) is 21.7. The molecule has 2 fully saturated rings. The molecule has 1 amide bonds. The molecule has 1 N–H and O–H groups in total. The lowest BCUT2D eigenvalue weighted by Crippen LogP contribution is -2.50. The number of rotatable bonds is 5. The number of nitrogens with zero attached hydrogens (tertiary/aromatic N) is 4. The SMILES string of the molecule is O=C(Cn1c(C2CC2)nc2ccccc21)N1CCN(CCO)CC1. The maximum absolute atomic E-state index is 12.8. The van der Waals surface area contributed by atoms with Crippen LogP contribution in [-0.4, -0.2) is 69.7 Å². The van der Waals surface area contributed by atoms with Crippen LogP contribution in [0.2, 0.25) is 0 Å². The summed E-state index contributed by atoms with van der Waals surface area (Å²) in [5.74, 6) is 1.76. The van der Waals surface area contributed by atoms with E-state index in [1.54, 1.807) is 0 Å². The van der Waals surface area contributed by atoms with Crippen molar-refractivity contribution < 1.29 is 9.90 Å². The standard InChI is InChI=1S/C18H24N4O2/c23-12-11-20-7-9-21(10-8-20)17(24)13-22-16-4-2-1-3-15(16)19-18(22)14-5-6-14/h1-4,14,23H,5-13H2. The van der Waals surface area contributed by atoms with Gasteiger partial charge in [-0.3, -0.25) is 9.69 Å². The third-order valence-electron chi connectivity index (χ3n) is 5.06. The van der Waals surface area contributed by atoms with E-state index in [-0.39, 0.29) is 12.5 Å². The molecule has 1 aliphatic heterocycles. The molecule has 0 atom stereocenters. The van der Waals surface area contributed by atoms with E-state index in [0.717, 1.165) is 43.0 Å². The first-order valence-electron chi connectivity index (χ1n) is 8.82. The number of fused-ring (bicyclic) bond motifs is 1. The molecule has 0 bridgehead atoms. The summed E-state index contributed by atoms with van der Waals surface area (Å²) in [6.07, 6.45) is 2.36. The van der Waals surface area contributed by atoms with Crippen molar-refractivity contribution in [3.63, 3.8) is 0 Å². The minimum absolute atomic E-state index is 0.170. The molecule has 1 aliphatic carbocycles. The first kappa shape index (κ1) is 15.6. The molecule has 2 heterocycles. The van der Waals surface area contributed by atoms with Crippen molar-refractivity contribution in [3.8, 4) is 0 Å². The van der Waals surface area contributed by atoms with Gasteiger partial charge in [0, 0.05) is 38.6 Å². The molecule has 2 aliphatic rings. The highest BCUT2D eigenvalue weighted by atomic mass is 16.3. The van der Waals surface area contributed by atoms with Gasteiger partial charge >= 0.3 is 0 Å².